The third-order valence-corrected chi connectivity index (χ3v) is 14.9. The minimum Gasteiger partial charge on any atom is -0.493 e. The van der Waals surface area contributed by atoms with Gasteiger partial charge in [0.25, 0.3) is 0 Å². The summed E-state index contributed by atoms with van der Waals surface area (Å²) in [6.45, 7) is 6.57. The van der Waals surface area contributed by atoms with Crippen molar-refractivity contribution in [3.8, 4) is 11.5 Å². The van der Waals surface area contributed by atoms with Crippen molar-refractivity contribution in [3.63, 3.8) is 0 Å². The van der Waals surface area contributed by atoms with Gasteiger partial charge in [0.15, 0.2) is 17.6 Å². The van der Waals surface area contributed by atoms with Crippen molar-refractivity contribution < 1.29 is 54.4 Å². The highest BCUT2D eigenvalue weighted by molar-refractivity contribution is 5.90. The van der Waals surface area contributed by atoms with Crippen molar-refractivity contribution in [2.24, 2.45) is 29.1 Å². The number of fused-ring (bicyclic) bond motifs is 5. The second-order valence-corrected chi connectivity index (χ2v) is 16.8. The lowest BCUT2D eigenvalue weighted by atomic mass is 9.49. The van der Waals surface area contributed by atoms with Crippen LogP contribution in [0.3, 0.4) is 0 Å². The average molecular weight is 674 g/mol. The highest BCUT2D eigenvalue weighted by Gasteiger charge is 2.88. The van der Waals surface area contributed by atoms with Crippen LogP contribution >= 0.6 is 0 Å². The number of methoxy groups -OCH3 is 2. The molecule has 8 rings (SSSR count). The fourth-order valence-electron chi connectivity index (χ4n) is 12.6. The lowest BCUT2D eigenvalue weighted by Gasteiger charge is -2.68. The summed E-state index contributed by atoms with van der Waals surface area (Å²) < 4.78 is 23.5. The molecule has 3 heterocycles. The molecule has 266 valence electrons. The lowest BCUT2D eigenvalue weighted by Crippen LogP contribution is -2.85. The first kappa shape index (κ1) is 33.1. The Morgan fingerprint density at radius 1 is 0.896 bits per heavy atom. The molecule has 12 nitrogen and oxygen atoms in total. The predicted octanol–water partition coefficient (Wildman–Crippen LogP) is 1.36. The van der Waals surface area contributed by atoms with Gasteiger partial charge in [-0.2, -0.15) is 0 Å². The highest BCUT2D eigenvalue weighted by Crippen LogP contribution is 2.78. The third kappa shape index (κ3) is 3.66. The van der Waals surface area contributed by atoms with Gasteiger partial charge < -0.3 is 49.6 Å². The summed E-state index contributed by atoms with van der Waals surface area (Å²) in [5.41, 5.74) is -9.44. The van der Waals surface area contributed by atoms with Crippen LogP contribution in [-0.2, 0) is 9.47 Å². The van der Waals surface area contributed by atoms with E-state index in [2.05, 4.69) is 11.8 Å². The van der Waals surface area contributed by atoms with Gasteiger partial charge in [0, 0.05) is 55.1 Å². The van der Waals surface area contributed by atoms with E-state index in [9.17, 15) is 35.4 Å². The van der Waals surface area contributed by atoms with Gasteiger partial charge in [-0.1, -0.05) is 13.8 Å². The summed E-state index contributed by atoms with van der Waals surface area (Å²) in [6.07, 6.45) is 0.172. The van der Waals surface area contributed by atoms with E-state index in [-0.39, 0.29) is 24.9 Å². The highest BCUT2D eigenvalue weighted by atomic mass is 16.7. The smallest absolute Gasteiger partial charge is 0.338 e. The van der Waals surface area contributed by atoms with Gasteiger partial charge in [0.2, 0.25) is 5.79 Å². The van der Waals surface area contributed by atoms with Crippen LogP contribution < -0.4 is 9.47 Å². The number of hydrogen-bond donors (Lipinski definition) is 6. The summed E-state index contributed by atoms with van der Waals surface area (Å²) in [4.78, 5) is 15.6. The van der Waals surface area contributed by atoms with E-state index in [1.807, 2.05) is 6.92 Å². The van der Waals surface area contributed by atoms with Gasteiger partial charge in [-0.25, -0.2) is 4.79 Å². The molecule has 0 unspecified atom stereocenters. The fourth-order valence-corrected chi connectivity index (χ4v) is 12.6. The Labute approximate surface area is 280 Å². The fraction of sp³-hybridized carbons (Fsp3) is 0.806. The molecule has 0 radical (unpaired) electrons. The first-order chi connectivity index (χ1) is 22.5. The van der Waals surface area contributed by atoms with Crippen molar-refractivity contribution >= 4 is 5.97 Å². The minimum absolute atomic E-state index is 0.101. The Morgan fingerprint density at radius 2 is 1.60 bits per heavy atom. The topological polar surface area (TPSA) is 179 Å². The number of carbonyl (C=O) groups excluding carboxylic acids is 1. The van der Waals surface area contributed by atoms with Crippen LogP contribution in [0, 0.1) is 29.1 Å². The zero-order valence-electron chi connectivity index (χ0n) is 28.5. The molecule has 4 saturated carbocycles. The second-order valence-electron chi connectivity index (χ2n) is 16.8. The van der Waals surface area contributed by atoms with E-state index in [4.69, 9.17) is 18.9 Å². The zero-order valence-corrected chi connectivity index (χ0v) is 28.5. The molecule has 12 heteroatoms. The molecule has 1 spiro atoms. The molecule has 0 aromatic heterocycles. The molecular weight excluding hydrogens is 622 g/mol. The van der Waals surface area contributed by atoms with Crippen LogP contribution in [-0.4, -0.2) is 121 Å². The number of ether oxygens (including phenoxy) is 4. The summed E-state index contributed by atoms with van der Waals surface area (Å²) in [5, 5.41) is 74.7. The van der Waals surface area contributed by atoms with Crippen LogP contribution in [0.5, 0.6) is 11.5 Å². The number of nitrogens with zero attached hydrogens (tertiary/aromatic N) is 1. The Bertz CT molecular complexity index is 1520. The molecular formula is C36H51NO11. The monoisotopic (exact) mass is 673 g/mol. The van der Waals surface area contributed by atoms with Gasteiger partial charge in [0.1, 0.15) is 22.4 Å². The van der Waals surface area contributed by atoms with E-state index < -0.39 is 81.2 Å². The first-order valence-corrected chi connectivity index (χ1v) is 17.6. The standard InChI is InChI=1S/C36H51NO11/c1-19-6-11-26-31(3,40)35(43)25(17-37(26)16-19)33(42)18-34-24(32(33,41)15-27(35)38)10-9-23-30(34,2)13-12-28(36(23,44)48-34)47-29(39)20-7-8-21(45-4)22(14-20)46-5/h7-8,14,19,23-28,38,40-44H,6,9-13,15-18H2,1-5H3/t19-,23-,24-,25-,26-,27+,28-,30+,31-,32-,33-,34+,35-,36-/m1/s1. The van der Waals surface area contributed by atoms with Gasteiger partial charge in [0.05, 0.1) is 31.5 Å². The van der Waals surface area contributed by atoms with Gasteiger partial charge in [-0.3, -0.25) is 4.90 Å². The molecule has 4 aliphatic carbocycles. The van der Waals surface area contributed by atoms with Gasteiger partial charge in [-0.15, -0.1) is 0 Å². The van der Waals surface area contributed by atoms with Crippen molar-refractivity contribution in [2.75, 3.05) is 27.3 Å². The first-order valence-electron chi connectivity index (χ1n) is 17.6. The SMILES string of the molecule is COc1ccc(C(=O)O[C@@H]2CC[C@@]3(C)[C@H]4CC[C@@H]5[C@]6(O)C[C@H](O)[C@]7(O)[C@H](CN8C[C@H](C)CC[C@@H]8[C@@]7(C)O)[C@]6(O)C[C@]53O[C@@]24O)cc1OC. The van der Waals surface area contributed by atoms with E-state index in [0.29, 0.717) is 56.1 Å². The third-order valence-electron chi connectivity index (χ3n) is 14.9. The maximum Gasteiger partial charge on any atom is 0.338 e. The molecule has 1 aromatic rings. The van der Waals surface area contributed by atoms with E-state index >= 15 is 0 Å². The molecule has 7 fully saturated rings. The number of esters is 1. The van der Waals surface area contributed by atoms with Crippen LogP contribution in [0.1, 0.15) is 82.5 Å². The Balaban J connectivity index is 1.16. The second kappa shape index (κ2) is 10.1. The van der Waals surface area contributed by atoms with Gasteiger partial charge >= 0.3 is 5.97 Å². The summed E-state index contributed by atoms with van der Waals surface area (Å²) >= 11 is 0. The summed E-state index contributed by atoms with van der Waals surface area (Å²) in [7, 11) is 2.97. The van der Waals surface area contributed by atoms with Crippen molar-refractivity contribution in [1.29, 1.82) is 0 Å². The number of carbonyl (C=O) groups is 1. The van der Waals surface area contributed by atoms with Crippen LogP contribution in [0.15, 0.2) is 18.2 Å². The van der Waals surface area contributed by atoms with E-state index in [1.54, 1.807) is 19.1 Å². The molecule has 7 aliphatic rings. The van der Waals surface area contributed by atoms with Crippen molar-refractivity contribution in [2.45, 2.75) is 124 Å². The summed E-state index contributed by atoms with van der Waals surface area (Å²) in [6, 6.07) is 4.28. The maximum atomic E-state index is 13.5. The zero-order chi connectivity index (χ0) is 34.4. The average Bonchev–Trinajstić information content (AvgIpc) is 3.21. The number of aliphatic hydroxyl groups excluding tert-OH is 1. The number of rotatable bonds is 4. The molecule has 48 heavy (non-hydrogen) atoms. The molecule has 3 aliphatic heterocycles. The Hall–Kier alpha value is -2.03. The number of benzene rings is 1. The van der Waals surface area contributed by atoms with Crippen LogP contribution in [0.4, 0.5) is 0 Å². The molecule has 1 aromatic carbocycles. The van der Waals surface area contributed by atoms with Crippen molar-refractivity contribution in [3.05, 3.63) is 23.8 Å². The van der Waals surface area contributed by atoms with E-state index in [1.165, 1.54) is 20.3 Å². The lowest BCUT2D eigenvalue weighted by molar-refractivity contribution is -0.354. The number of aliphatic hydroxyl groups is 6. The van der Waals surface area contributed by atoms with Crippen LogP contribution in [0.2, 0.25) is 0 Å². The predicted molar refractivity (Wildman–Crippen MR) is 169 cm³/mol. The molecule has 14 atom stereocenters. The molecule has 6 N–H and O–H groups in total. The normalized spacial score (nSPS) is 53.6. The number of piperidine rings is 2. The Kier molecular flexibility index (Phi) is 6.94. The molecule has 3 saturated heterocycles. The summed E-state index contributed by atoms with van der Waals surface area (Å²) in [5.74, 6) is -3.63. The van der Waals surface area contributed by atoms with Crippen molar-refractivity contribution in [1.82, 2.24) is 4.90 Å². The Morgan fingerprint density at radius 3 is 2.31 bits per heavy atom. The minimum atomic E-state index is -2.10. The molecule has 0 amide bonds. The van der Waals surface area contributed by atoms with Gasteiger partial charge in [-0.05, 0) is 69.6 Å². The quantitative estimate of drug-likeness (QED) is 0.253. The van der Waals surface area contributed by atoms with Crippen LogP contribution in [0.25, 0.3) is 0 Å². The largest absolute Gasteiger partial charge is 0.493 e. The maximum absolute atomic E-state index is 13.5. The molecule has 4 bridgehead atoms. The number of hydrogen-bond acceptors (Lipinski definition) is 12. The van der Waals surface area contributed by atoms with E-state index in [0.717, 1.165) is 6.42 Å².